The van der Waals surface area contributed by atoms with Crippen molar-refractivity contribution in [1.29, 1.82) is 5.26 Å². The maximum atomic E-state index is 12.2. The number of hydrogen-bond acceptors (Lipinski definition) is 3. The molecule has 1 N–H and O–H groups in total. The van der Waals surface area contributed by atoms with Crippen LogP contribution in [0.15, 0.2) is 48.5 Å². The summed E-state index contributed by atoms with van der Waals surface area (Å²) in [5.74, 6) is -0.397. The van der Waals surface area contributed by atoms with Gasteiger partial charge in [0.2, 0.25) is 0 Å². The zero-order valence-electron chi connectivity index (χ0n) is 12.5. The Bertz CT molecular complexity index is 742. The first-order valence-electron chi connectivity index (χ1n) is 6.90. The van der Waals surface area contributed by atoms with E-state index in [0.717, 1.165) is 11.1 Å². The van der Waals surface area contributed by atoms with Gasteiger partial charge in [0, 0.05) is 11.1 Å². The van der Waals surface area contributed by atoms with Crippen molar-refractivity contribution in [1.82, 2.24) is 5.32 Å². The molecule has 22 heavy (non-hydrogen) atoms. The number of nitrogens with one attached hydrogen (secondary N) is 1. The van der Waals surface area contributed by atoms with Crippen LogP contribution in [0.3, 0.4) is 0 Å². The SMILES string of the molecule is CC(=O)c1ccc(C(=O)N[C@H](C#N)c2ccccc2C)cc1. The second-order valence-electron chi connectivity index (χ2n) is 5.03. The van der Waals surface area contributed by atoms with E-state index in [-0.39, 0.29) is 11.7 Å². The van der Waals surface area contributed by atoms with Crippen LogP contribution in [0, 0.1) is 18.3 Å². The maximum absolute atomic E-state index is 12.2. The molecule has 0 aliphatic carbocycles. The highest BCUT2D eigenvalue weighted by Crippen LogP contribution is 2.17. The third-order valence-corrected chi connectivity index (χ3v) is 3.46. The molecule has 0 aliphatic heterocycles. The molecule has 0 fully saturated rings. The molecule has 0 aromatic heterocycles. The average molecular weight is 292 g/mol. The second kappa shape index (κ2) is 6.68. The van der Waals surface area contributed by atoms with Gasteiger partial charge in [-0.2, -0.15) is 5.26 Å². The summed E-state index contributed by atoms with van der Waals surface area (Å²) in [7, 11) is 0. The van der Waals surface area contributed by atoms with Gasteiger partial charge >= 0.3 is 0 Å². The van der Waals surface area contributed by atoms with Crippen molar-refractivity contribution < 1.29 is 9.59 Å². The van der Waals surface area contributed by atoms with E-state index in [9.17, 15) is 14.9 Å². The van der Waals surface area contributed by atoms with Gasteiger partial charge in [-0.15, -0.1) is 0 Å². The van der Waals surface area contributed by atoms with E-state index < -0.39 is 6.04 Å². The van der Waals surface area contributed by atoms with Crippen LogP contribution in [0.5, 0.6) is 0 Å². The molecule has 110 valence electrons. The maximum Gasteiger partial charge on any atom is 0.252 e. The van der Waals surface area contributed by atoms with Crippen molar-refractivity contribution in [3.8, 4) is 6.07 Å². The summed E-state index contributed by atoms with van der Waals surface area (Å²) in [5.41, 5.74) is 2.69. The lowest BCUT2D eigenvalue weighted by Crippen LogP contribution is -2.28. The number of aryl methyl sites for hydroxylation is 1. The standard InChI is InChI=1S/C18H16N2O2/c1-12-5-3-4-6-16(12)17(11-19)20-18(22)15-9-7-14(8-10-15)13(2)21/h3-10,17H,1-2H3,(H,20,22)/t17-/m1/s1. The zero-order chi connectivity index (χ0) is 16.1. The van der Waals surface area contributed by atoms with Gasteiger partial charge in [0.25, 0.3) is 5.91 Å². The van der Waals surface area contributed by atoms with Crippen molar-refractivity contribution in [2.75, 3.05) is 0 Å². The Morgan fingerprint density at radius 3 is 2.18 bits per heavy atom. The highest BCUT2D eigenvalue weighted by Gasteiger charge is 2.16. The molecule has 2 aromatic rings. The summed E-state index contributed by atoms with van der Waals surface area (Å²) in [4.78, 5) is 23.5. The Balaban J connectivity index is 2.18. The van der Waals surface area contributed by atoms with Crippen LogP contribution in [-0.4, -0.2) is 11.7 Å². The Morgan fingerprint density at radius 2 is 1.64 bits per heavy atom. The molecule has 2 aromatic carbocycles. The number of Topliss-reactive ketones (excluding diaryl/α,β-unsaturated/α-hetero) is 1. The largest absolute Gasteiger partial charge is 0.332 e. The molecule has 0 spiro atoms. The number of rotatable bonds is 4. The predicted molar refractivity (Wildman–Crippen MR) is 83.4 cm³/mol. The molecule has 4 nitrogen and oxygen atoms in total. The summed E-state index contributed by atoms with van der Waals surface area (Å²) < 4.78 is 0. The van der Waals surface area contributed by atoms with Gasteiger partial charge in [0.1, 0.15) is 6.04 Å². The van der Waals surface area contributed by atoms with Crippen LogP contribution in [-0.2, 0) is 0 Å². The van der Waals surface area contributed by atoms with E-state index in [1.807, 2.05) is 31.2 Å². The smallest absolute Gasteiger partial charge is 0.252 e. The van der Waals surface area contributed by atoms with Crippen LogP contribution in [0.4, 0.5) is 0 Å². The van der Waals surface area contributed by atoms with Gasteiger partial charge in [-0.25, -0.2) is 0 Å². The summed E-state index contributed by atoms with van der Waals surface area (Å²) in [6, 6.07) is 15.2. The quantitative estimate of drug-likeness (QED) is 0.880. The third kappa shape index (κ3) is 3.39. The second-order valence-corrected chi connectivity index (χ2v) is 5.03. The first-order chi connectivity index (χ1) is 10.5. The van der Waals surface area contributed by atoms with Crippen LogP contribution in [0.2, 0.25) is 0 Å². The number of carbonyl (C=O) groups is 2. The average Bonchev–Trinajstić information content (AvgIpc) is 2.53. The van der Waals surface area contributed by atoms with Gasteiger partial charge in [0.05, 0.1) is 6.07 Å². The molecular formula is C18H16N2O2. The van der Waals surface area contributed by atoms with Crippen molar-refractivity contribution in [3.63, 3.8) is 0 Å². The Labute approximate surface area is 129 Å². The van der Waals surface area contributed by atoms with Gasteiger partial charge in [-0.05, 0) is 37.1 Å². The summed E-state index contributed by atoms with van der Waals surface area (Å²) >= 11 is 0. The fourth-order valence-electron chi connectivity index (χ4n) is 2.16. The molecule has 0 saturated carbocycles. The van der Waals surface area contributed by atoms with Gasteiger partial charge in [-0.3, -0.25) is 9.59 Å². The molecule has 1 amide bonds. The zero-order valence-corrected chi connectivity index (χ0v) is 12.5. The van der Waals surface area contributed by atoms with Crippen molar-refractivity contribution >= 4 is 11.7 Å². The number of benzene rings is 2. The highest BCUT2D eigenvalue weighted by atomic mass is 16.1. The highest BCUT2D eigenvalue weighted by molar-refractivity contribution is 5.98. The molecule has 4 heteroatoms. The molecule has 0 unspecified atom stereocenters. The van der Waals surface area contributed by atoms with E-state index in [0.29, 0.717) is 11.1 Å². The van der Waals surface area contributed by atoms with Gasteiger partial charge in [0.15, 0.2) is 5.78 Å². The van der Waals surface area contributed by atoms with Crippen LogP contribution < -0.4 is 5.32 Å². The Kier molecular flexibility index (Phi) is 4.70. The monoisotopic (exact) mass is 292 g/mol. The number of nitrogens with zero attached hydrogens (tertiary/aromatic N) is 1. The van der Waals surface area contributed by atoms with Crippen LogP contribution in [0.1, 0.15) is 44.8 Å². The van der Waals surface area contributed by atoms with E-state index in [1.54, 1.807) is 24.3 Å². The van der Waals surface area contributed by atoms with E-state index in [4.69, 9.17) is 0 Å². The van der Waals surface area contributed by atoms with E-state index in [2.05, 4.69) is 11.4 Å². The first-order valence-corrected chi connectivity index (χ1v) is 6.90. The topological polar surface area (TPSA) is 70.0 Å². The number of hydrogen-bond donors (Lipinski definition) is 1. The molecule has 0 saturated heterocycles. The van der Waals surface area contributed by atoms with Gasteiger partial charge < -0.3 is 5.32 Å². The van der Waals surface area contributed by atoms with Crippen molar-refractivity contribution in [2.45, 2.75) is 19.9 Å². The predicted octanol–water partition coefficient (Wildman–Crippen LogP) is 3.19. The lowest BCUT2D eigenvalue weighted by molar-refractivity contribution is 0.0943. The molecular weight excluding hydrogens is 276 g/mol. The van der Waals surface area contributed by atoms with Crippen molar-refractivity contribution in [3.05, 3.63) is 70.8 Å². The normalized spacial score (nSPS) is 11.3. The molecule has 0 radical (unpaired) electrons. The number of nitriles is 1. The van der Waals surface area contributed by atoms with Crippen molar-refractivity contribution in [2.24, 2.45) is 0 Å². The molecule has 1 atom stereocenters. The lowest BCUT2D eigenvalue weighted by atomic mass is 10.0. The fraction of sp³-hybridized carbons (Fsp3) is 0.167. The Hall–Kier alpha value is -2.93. The summed E-state index contributed by atoms with van der Waals surface area (Å²) in [6.45, 7) is 3.37. The Morgan fingerprint density at radius 1 is 1.05 bits per heavy atom. The van der Waals surface area contributed by atoms with Crippen LogP contribution >= 0.6 is 0 Å². The van der Waals surface area contributed by atoms with Crippen LogP contribution in [0.25, 0.3) is 0 Å². The minimum atomic E-state index is -0.707. The van der Waals surface area contributed by atoms with E-state index >= 15 is 0 Å². The molecule has 0 aliphatic rings. The first kappa shape index (κ1) is 15.5. The molecule has 0 heterocycles. The summed E-state index contributed by atoms with van der Waals surface area (Å²) in [6.07, 6.45) is 0. The number of amides is 1. The minimum Gasteiger partial charge on any atom is -0.332 e. The molecule has 0 bridgehead atoms. The fourth-order valence-corrected chi connectivity index (χ4v) is 2.16. The number of ketones is 1. The summed E-state index contributed by atoms with van der Waals surface area (Å²) in [5, 5.41) is 12.0. The van der Waals surface area contributed by atoms with E-state index in [1.165, 1.54) is 6.92 Å². The molecule has 2 rings (SSSR count). The lowest BCUT2D eigenvalue weighted by Gasteiger charge is -2.14. The minimum absolute atomic E-state index is 0.0539. The third-order valence-electron chi connectivity index (χ3n) is 3.46. The number of carbonyl (C=O) groups excluding carboxylic acids is 2. The van der Waals surface area contributed by atoms with Gasteiger partial charge in [-0.1, -0.05) is 36.4 Å².